The molecule has 0 nitrogen and oxygen atoms in total. The Balaban J connectivity index is 2.21. The van der Waals surface area contributed by atoms with Crippen molar-refractivity contribution in [3.05, 3.63) is 11.1 Å². The lowest BCUT2D eigenvalue weighted by Gasteiger charge is -2.47. The molecule has 0 N–H and O–H groups in total. The molecular formula is C19H34. The molecule has 0 bridgehead atoms. The van der Waals surface area contributed by atoms with E-state index in [1.54, 1.807) is 0 Å². The standard InChI is InChI=1S/C19H34/c1-6-7-12-19(5)15(4)8-9-17-13-16(14(2)3)10-11-18(17)19/h14-16H,6-13H2,1-5H3/t15?,16?,19-/m0/s1. The van der Waals surface area contributed by atoms with E-state index in [-0.39, 0.29) is 0 Å². The number of unbranched alkanes of at least 4 members (excludes halogenated alkanes) is 1. The largest absolute Gasteiger partial charge is 0.0702 e. The van der Waals surface area contributed by atoms with Crippen LogP contribution in [0.3, 0.4) is 0 Å². The van der Waals surface area contributed by atoms with E-state index in [2.05, 4.69) is 34.6 Å². The minimum absolute atomic E-state index is 0.533. The molecule has 0 amide bonds. The Hall–Kier alpha value is -0.260. The highest BCUT2D eigenvalue weighted by Crippen LogP contribution is 2.53. The second-order valence-corrected chi connectivity index (χ2v) is 7.79. The molecule has 3 atom stereocenters. The van der Waals surface area contributed by atoms with E-state index < -0.39 is 0 Å². The number of allylic oxidation sites excluding steroid dienone is 2. The van der Waals surface area contributed by atoms with Gasteiger partial charge in [0.1, 0.15) is 0 Å². The monoisotopic (exact) mass is 262 g/mol. The van der Waals surface area contributed by atoms with Gasteiger partial charge in [-0.15, -0.1) is 0 Å². The number of rotatable bonds is 4. The van der Waals surface area contributed by atoms with Crippen molar-refractivity contribution in [2.24, 2.45) is 23.2 Å². The maximum Gasteiger partial charge on any atom is -0.00880 e. The van der Waals surface area contributed by atoms with Gasteiger partial charge in [0.05, 0.1) is 0 Å². The lowest BCUT2D eigenvalue weighted by atomic mass is 9.58. The van der Waals surface area contributed by atoms with E-state index in [0.29, 0.717) is 5.41 Å². The first-order chi connectivity index (χ1) is 8.99. The average Bonchev–Trinajstić information content (AvgIpc) is 2.40. The third kappa shape index (κ3) is 2.93. The maximum absolute atomic E-state index is 2.58. The first kappa shape index (κ1) is 15.1. The van der Waals surface area contributed by atoms with Crippen molar-refractivity contribution in [3.63, 3.8) is 0 Å². The first-order valence-electron chi connectivity index (χ1n) is 8.70. The van der Waals surface area contributed by atoms with Gasteiger partial charge in [0, 0.05) is 0 Å². The molecule has 0 radical (unpaired) electrons. The van der Waals surface area contributed by atoms with Crippen LogP contribution in [0, 0.1) is 23.2 Å². The third-order valence-electron chi connectivity index (χ3n) is 6.35. The van der Waals surface area contributed by atoms with Gasteiger partial charge in [0.2, 0.25) is 0 Å². The molecule has 2 aliphatic rings. The quantitative estimate of drug-likeness (QED) is 0.517. The molecule has 0 saturated heterocycles. The molecular weight excluding hydrogens is 228 g/mol. The summed E-state index contributed by atoms with van der Waals surface area (Å²) < 4.78 is 0. The fourth-order valence-electron chi connectivity index (χ4n) is 4.51. The number of hydrogen-bond donors (Lipinski definition) is 0. The normalized spacial score (nSPS) is 35.7. The Morgan fingerprint density at radius 2 is 1.95 bits per heavy atom. The Morgan fingerprint density at radius 1 is 1.21 bits per heavy atom. The molecule has 0 fully saturated rings. The summed E-state index contributed by atoms with van der Waals surface area (Å²) in [6.45, 7) is 12.3. The maximum atomic E-state index is 2.58. The van der Waals surface area contributed by atoms with Gasteiger partial charge in [-0.25, -0.2) is 0 Å². The van der Waals surface area contributed by atoms with Crippen LogP contribution in [0.15, 0.2) is 11.1 Å². The zero-order valence-electron chi connectivity index (χ0n) is 13.9. The molecule has 2 aliphatic carbocycles. The number of hydrogen-bond acceptors (Lipinski definition) is 0. The molecule has 19 heavy (non-hydrogen) atoms. The third-order valence-corrected chi connectivity index (χ3v) is 6.35. The summed E-state index contributed by atoms with van der Waals surface area (Å²) in [4.78, 5) is 0. The fourth-order valence-corrected chi connectivity index (χ4v) is 4.51. The van der Waals surface area contributed by atoms with Gasteiger partial charge < -0.3 is 0 Å². The summed E-state index contributed by atoms with van der Waals surface area (Å²) in [5.41, 5.74) is 4.31. The highest BCUT2D eigenvalue weighted by molar-refractivity contribution is 5.28. The summed E-state index contributed by atoms with van der Waals surface area (Å²) in [5.74, 6) is 2.73. The van der Waals surface area contributed by atoms with E-state index >= 15 is 0 Å². The van der Waals surface area contributed by atoms with Gasteiger partial charge in [-0.2, -0.15) is 0 Å². The van der Waals surface area contributed by atoms with Gasteiger partial charge >= 0.3 is 0 Å². The minimum atomic E-state index is 0.533. The molecule has 2 rings (SSSR count). The van der Waals surface area contributed by atoms with Crippen LogP contribution in [0.4, 0.5) is 0 Å². The van der Waals surface area contributed by atoms with Gasteiger partial charge in [-0.05, 0) is 61.7 Å². The van der Waals surface area contributed by atoms with Crippen LogP contribution in [0.25, 0.3) is 0 Å². The Labute approximate surface area is 121 Å². The van der Waals surface area contributed by atoms with Crippen molar-refractivity contribution in [2.75, 3.05) is 0 Å². The van der Waals surface area contributed by atoms with Crippen molar-refractivity contribution in [1.82, 2.24) is 0 Å². The average molecular weight is 262 g/mol. The first-order valence-corrected chi connectivity index (χ1v) is 8.70. The second-order valence-electron chi connectivity index (χ2n) is 7.79. The lowest BCUT2D eigenvalue weighted by Crippen LogP contribution is -2.35. The van der Waals surface area contributed by atoms with Crippen LogP contribution in [0.5, 0.6) is 0 Å². The van der Waals surface area contributed by atoms with E-state index in [1.807, 2.05) is 11.1 Å². The van der Waals surface area contributed by atoms with Crippen LogP contribution < -0.4 is 0 Å². The van der Waals surface area contributed by atoms with Gasteiger partial charge in [0.25, 0.3) is 0 Å². The van der Waals surface area contributed by atoms with Gasteiger partial charge in [-0.3, -0.25) is 0 Å². The van der Waals surface area contributed by atoms with Crippen molar-refractivity contribution in [3.8, 4) is 0 Å². The van der Waals surface area contributed by atoms with E-state index in [0.717, 1.165) is 17.8 Å². The zero-order valence-corrected chi connectivity index (χ0v) is 13.9. The molecule has 0 aliphatic heterocycles. The molecule has 0 saturated carbocycles. The summed E-state index contributed by atoms with van der Waals surface area (Å²) in [6, 6.07) is 0. The Morgan fingerprint density at radius 3 is 2.58 bits per heavy atom. The molecule has 0 aromatic heterocycles. The molecule has 0 spiro atoms. The highest BCUT2D eigenvalue weighted by Gasteiger charge is 2.40. The smallest absolute Gasteiger partial charge is 0.00880 e. The van der Waals surface area contributed by atoms with Crippen LogP contribution >= 0.6 is 0 Å². The van der Waals surface area contributed by atoms with Crippen LogP contribution in [-0.2, 0) is 0 Å². The lowest BCUT2D eigenvalue weighted by molar-refractivity contribution is 0.173. The summed E-state index contributed by atoms with van der Waals surface area (Å²) in [5, 5.41) is 0. The molecule has 110 valence electrons. The molecule has 0 heteroatoms. The summed E-state index contributed by atoms with van der Waals surface area (Å²) in [7, 11) is 0. The van der Waals surface area contributed by atoms with Gasteiger partial charge in [-0.1, -0.05) is 58.6 Å². The van der Waals surface area contributed by atoms with Crippen LogP contribution in [0.1, 0.15) is 86.0 Å². The molecule has 0 heterocycles. The molecule has 0 aromatic carbocycles. The van der Waals surface area contributed by atoms with E-state index in [1.165, 1.54) is 51.4 Å². The van der Waals surface area contributed by atoms with E-state index in [4.69, 9.17) is 0 Å². The van der Waals surface area contributed by atoms with Crippen LogP contribution in [0.2, 0.25) is 0 Å². The molecule has 2 unspecified atom stereocenters. The van der Waals surface area contributed by atoms with Crippen molar-refractivity contribution in [2.45, 2.75) is 86.0 Å². The van der Waals surface area contributed by atoms with Crippen molar-refractivity contribution in [1.29, 1.82) is 0 Å². The predicted octanol–water partition coefficient (Wildman–Crippen LogP) is 6.37. The fraction of sp³-hybridized carbons (Fsp3) is 0.895. The minimum Gasteiger partial charge on any atom is -0.0702 e. The van der Waals surface area contributed by atoms with E-state index in [9.17, 15) is 0 Å². The van der Waals surface area contributed by atoms with Crippen LogP contribution in [-0.4, -0.2) is 0 Å². The zero-order chi connectivity index (χ0) is 14.0. The van der Waals surface area contributed by atoms with Gasteiger partial charge in [0.15, 0.2) is 0 Å². The summed E-state index contributed by atoms with van der Waals surface area (Å²) in [6.07, 6.45) is 11.3. The summed E-state index contributed by atoms with van der Waals surface area (Å²) >= 11 is 0. The SMILES string of the molecule is CCCC[C@]1(C)C2=C(CCC1C)CC(C(C)C)CC2. The highest BCUT2D eigenvalue weighted by atomic mass is 14.5. The topological polar surface area (TPSA) is 0 Å². The predicted molar refractivity (Wildman–Crippen MR) is 85.2 cm³/mol. The second kappa shape index (κ2) is 6.02. The Bertz CT molecular complexity index is 336. The van der Waals surface area contributed by atoms with Crippen molar-refractivity contribution < 1.29 is 0 Å². The Kier molecular flexibility index (Phi) is 4.79. The molecule has 0 aromatic rings. The van der Waals surface area contributed by atoms with Crippen molar-refractivity contribution >= 4 is 0 Å².